The molecule has 2 aliphatic rings. The summed E-state index contributed by atoms with van der Waals surface area (Å²) in [5.74, 6) is 1.40. The minimum atomic E-state index is 0.774. The van der Waals surface area contributed by atoms with Gasteiger partial charge in [-0.25, -0.2) is 0 Å². The number of rotatable bonds is 5. The van der Waals surface area contributed by atoms with Crippen molar-refractivity contribution in [1.82, 2.24) is 10.2 Å². The Kier molecular flexibility index (Phi) is 4.79. The van der Waals surface area contributed by atoms with E-state index >= 15 is 0 Å². The lowest BCUT2D eigenvalue weighted by molar-refractivity contribution is 0.326. The van der Waals surface area contributed by atoms with Gasteiger partial charge in [0.15, 0.2) is 0 Å². The van der Waals surface area contributed by atoms with Crippen molar-refractivity contribution in [2.45, 2.75) is 43.9 Å². The topological polar surface area (TPSA) is 15.3 Å². The van der Waals surface area contributed by atoms with Gasteiger partial charge < -0.3 is 10.2 Å². The Morgan fingerprint density at radius 2 is 2.33 bits per heavy atom. The van der Waals surface area contributed by atoms with Crippen molar-refractivity contribution in [1.29, 1.82) is 0 Å². The van der Waals surface area contributed by atoms with Gasteiger partial charge in [-0.15, -0.1) is 0 Å². The predicted molar refractivity (Wildman–Crippen MR) is 68.6 cm³/mol. The summed E-state index contributed by atoms with van der Waals surface area (Å²) in [6.07, 6.45) is 5.52. The Balaban J connectivity index is 1.63. The van der Waals surface area contributed by atoms with E-state index in [1.807, 2.05) is 0 Å². The number of hydrogen-bond acceptors (Lipinski definition) is 3. The van der Waals surface area contributed by atoms with Crippen LogP contribution in [0.15, 0.2) is 0 Å². The monoisotopic (exact) mass is 228 g/mol. The quantitative estimate of drug-likeness (QED) is 0.774. The number of hydrogen-bond donors (Lipinski definition) is 1. The first kappa shape index (κ1) is 11.7. The minimum Gasteiger partial charge on any atom is -0.313 e. The van der Waals surface area contributed by atoms with Crippen molar-refractivity contribution in [3.63, 3.8) is 0 Å². The second-order valence-electron chi connectivity index (χ2n) is 4.83. The molecular weight excluding hydrogens is 204 g/mol. The summed E-state index contributed by atoms with van der Waals surface area (Å²) in [6, 6.07) is 0.774. The summed E-state index contributed by atoms with van der Waals surface area (Å²) in [5.41, 5.74) is 0. The van der Waals surface area contributed by atoms with Crippen LogP contribution in [-0.2, 0) is 0 Å². The van der Waals surface area contributed by atoms with Crippen LogP contribution < -0.4 is 5.32 Å². The SMILES string of the molecule is CCCNC1CCN(CC2CCCS2)C1. The van der Waals surface area contributed by atoms with Crippen molar-refractivity contribution in [3.8, 4) is 0 Å². The largest absolute Gasteiger partial charge is 0.313 e. The molecule has 1 N–H and O–H groups in total. The van der Waals surface area contributed by atoms with Gasteiger partial charge in [0.1, 0.15) is 0 Å². The Hall–Kier alpha value is 0.270. The molecule has 0 radical (unpaired) electrons. The van der Waals surface area contributed by atoms with Gasteiger partial charge in [0.25, 0.3) is 0 Å². The van der Waals surface area contributed by atoms with Crippen LogP contribution in [0.3, 0.4) is 0 Å². The number of thioether (sulfide) groups is 1. The lowest BCUT2D eigenvalue weighted by atomic mass is 10.2. The maximum atomic E-state index is 3.64. The molecule has 2 fully saturated rings. The molecule has 88 valence electrons. The molecule has 0 saturated carbocycles. The van der Waals surface area contributed by atoms with Crippen molar-refractivity contribution in [3.05, 3.63) is 0 Å². The molecule has 0 aliphatic carbocycles. The van der Waals surface area contributed by atoms with Crippen LogP contribution in [0.1, 0.15) is 32.6 Å². The second kappa shape index (κ2) is 6.12. The molecule has 2 heterocycles. The number of nitrogens with one attached hydrogen (secondary N) is 1. The third kappa shape index (κ3) is 3.65. The molecule has 0 aromatic rings. The molecule has 2 rings (SSSR count). The first-order valence-electron chi connectivity index (χ1n) is 6.46. The zero-order valence-electron chi connectivity index (χ0n) is 9.87. The van der Waals surface area contributed by atoms with Gasteiger partial charge in [-0.2, -0.15) is 11.8 Å². The van der Waals surface area contributed by atoms with Gasteiger partial charge >= 0.3 is 0 Å². The van der Waals surface area contributed by atoms with Crippen LogP contribution in [0.5, 0.6) is 0 Å². The van der Waals surface area contributed by atoms with Gasteiger partial charge in [-0.05, 0) is 44.5 Å². The average Bonchev–Trinajstić information content (AvgIpc) is 2.87. The summed E-state index contributed by atoms with van der Waals surface area (Å²) >= 11 is 2.19. The first-order chi connectivity index (χ1) is 7.38. The van der Waals surface area contributed by atoms with Crippen molar-refractivity contribution >= 4 is 11.8 Å². The van der Waals surface area contributed by atoms with E-state index in [-0.39, 0.29) is 0 Å². The molecule has 2 nitrogen and oxygen atoms in total. The molecule has 0 aromatic carbocycles. The zero-order valence-corrected chi connectivity index (χ0v) is 10.7. The van der Waals surface area contributed by atoms with Crippen molar-refractivity contribution < 1.29 is 0 Å². The average molecular weight is 228 g/mol. The van der Waals surface area contributed by atoms with E-state index in [4.69, 9.17) is 0 Å². The molecule has 0 spiro atoms. The van der Waals surface area contributed by atoms with E-state index < -0.39 is 0 Å². The minimum absolute atomic E-state index is 0.774. The third-order valence-corrected chi connectivity index (χ3v) is 4.82. The standard InChI is InChI=1S/C12H24N2S/c1-2-6-13-11-5-7-14(9-11)10-12-4-3-8-15-12/h11-13H,2-10H2,1H3. The van der Waals surface area contributed by atoms with Gasteiger partial charge in [0.2, 0.25) is 0 Å². The van der Waals surface area contributed by atoms with Crippen LogP contribution >= 0.6 is 11.8 Å². The number of likely N-dealkylation sites (tertiary alicyclic amines) is 1. The van der Waals surface area contributed by atoms with E-state index in [0.29, 0.717) is 0 Å². The summed E-state index contributed by atoms with van der Waals surface area (Å²) in [4.78, 5) is 2.66. The fourth-order valence-electron chi connectivity index (χ4n) is 2.59. The molecule has 2 atom stereocenters. The molecule has 2 saturated heterocycles. The third-order valence-electron chi connectivity index (χ3n) is 3.44. The Labute approximate surface area is 98.2 Å². The van der Waals surface area contributed by atoms with Crippen LogP contribution in [0.4, 0.5) is 0 Å². The predicted octanol–water partition coefficient (Wildman–Crippen LogP) is 1.96. The second-order valence-corrected chi connectivity index (χ2v) is 6.24. The molecule has 3 heteroatoms. The maximum absolute atomic E-state index is 3.64. The summed E-state index contributed by atoms with van der Waals surface area (Å²) in [6.45, 7) is 7.38. The Morgan fingerprint density at radius 3 is 3.07 bits per heavy atom. The maximum Gasteiger partial charge on any atom is 0.0207 e. The van der Waals surface area contributed by atoms with Crippen LogP contribution in [0.25, 0.3) is 0 Å². The van der Waals surface area contributed by atoms with Crippen molar-refractivity contribution in [2.75, 3.05) is 31.9 Å². The van der Waals surface area contributed by atoms with Gasteiger partial charge in [-0.1, -0.05) is 6.92 Å². The molecule has 2 aliphatic heterocycles. The van der Waals surface area contributed by atoms with E-state index in [1.165, 1.54) is 57.6 Å². The summed E-state index contributed by atoms with van der Waals surface area (Å²) in [5, 5.41) is 4.58. The Bertz CT molecular complexity index is 180. The molecule has 15 heavy (non-hydrogen) atoms. The van der Waals surface area contributed by atoms with Crippen LogP contribution in [-0.4, -0.2) is 48.1 Å². The van der Waals surface area contributed by atoms with Gasteiger partial charge in [0, 0.05) is 24.4 Å². The number of nitrogens with zero attached hydrogens (tertiary/aromatic N) is 1. The molecule has 2 unspecified atom stereocenters. The van der Waals surface area contributed by atoms with Crippen LogP contribution in [0, 0.1) is 0 Å². The normalized spacial score (nSPS) is 32.6. The highest BCUT2D eigenvalue weighted by atomic mass is 32.2. The van der Waals surface area contributed by atoms with Crippen molar-refractivity contribution in [2.24, 2.45) is 0 Å². The van der Waals surface area contributed by atoms with Crippen LogP contribution in [0.2, 0.25) is 0 Å². The zero-order chi connectivity index (χ0) is 10.5. The van der Waals surface area contributed by atoms with E-state index in [2.05, 4.69) is 28.9 Å². The highest BCUT2D eigenvalue weighted by Gasteiger charge is 2.25. The summed E-state index contributed by atoms with van der Waals surface area (Å²) < 4.78 is 0. The van der Waals surface area contributed by atoms with E-state index in [9.17, 15) is 0 Å². The van der Waals surface area contributed by atoms with E-state index in [1.54, 1.807) is 0 Å². The summed E-state index contributed by atoms with van der Waals surface area (Å²) in [7, 11) is 0. The molecule has 0 bridgehead atoms. The highest BCUT2D eigenvalue weighted by Crippen LogP contribution is 2.27. The Morgan fingerprint density at radius 1 is 1.40 bits per heavy atom. The molecule has 0 amide bonds. The fraction of sp³-hybridized carbons (Fsp3) is 1.00. The van der Waals surface area contributed by atoms with Gasteiger partial charge in [0.05, 0.1) is 0 Å². The first-order valence-corrected chi connectivity index (χ1v) is 7.50. The lowest BCUT2D eigenvalue weighted by Crippen LogP contribution is -2.34. The lowest BCUT2D eigenvalue weighted by Gasteiger charge is -2.19. The van der Waals surface area contributed by atoms with E-state index in [0.717, 1.165) is 11.3 Å². The molecule has 0 aromatic heterocycles. The fourth-order valence-corrected chi connectivity index (χ4v) is 3.91. The smallest absolute Gasteiger partial charge is 0.0207 e. The van der Waals surface area contributed by atoms with Gasteiger partial charge in [-0.3, -0.25) is 0 Å². The highest BCUT2D eigenvalue weighted by molar-refractivity contribution is 8.00. The molecular formula is C12H24N2S.